The number of urea groups is 1. The van der Waals surface area contributed by atoms with Gasteiger partial charge in [0.05, 0.1) is 11.1 Å². The molecule has 2 aromatic rings. The van der Waals surface area contributed by atoms with Gasteiger partial charge in [-0.25, -0.2) is 4.79 Å². The zero-order valence-electron chi connectivity index (χ0n) is 18.8. The summed E-state index contributed by atoms with van der Waals surface area (Å²) in [5, 5.41) is 5.05. The normalized spacial score (nSPS) is 14.0. The molecule has 0 spiro atoms. The molecule has 1 saturated heterocycles. The number of anilines is 3. The lowest BCUT2D eigenvalue weighted by Gasteiger charge is -2.31. The first-order valence-corrected chi connectivity index (χ1v) is 11.2. The Balaban J connectivity index is 1.82. The van der Waals surface area contributed by atoms with Gasteiger partial charge >= 0.3 is 12.2 Å². The Morgan fingerprint density at radius 1 is 0.939 bits per heavy atom. The monoisotopic (exact) mass is 462 g/mol. The first-order chi connectivity index (χ1) is 15.7. The van der Waals surface area contributed by atoms with Crippen LogP contribution in [0.5, 0.6) is 0 Å². The lowest BCUT2D eigenvalue weighted by atomic mass is 10.1. The zero-order valence-corrected chi connectivity index (χ0v) is 18.8. The first-order valence-electron chi connectivity index (χ1n) is 11.2. The van der Waals surface area contributed by atoms with E-state index < -0.39 is 17.8 Å². The van der Waals surface area contributed by atoms with Crippen LogP contribution in [0.2, 0.25) is 0 Å². The Morgan fingerprint density at radius 3 is 2.18 bits per heavy atom. The van der Waals surface area contributed by atoms with E-state index in [2.05, 4.69) is 15.5 Å². The molecule has 0 bridgehead atoms. The van der Waals surface area contributed by atoms with E-state index in [0.29, 0.717) is 24.3 Å². The minimum atomic E-state index is -4.50. The van der Waals surface area contributed by atoms with E-state index in [1.807, 2.05) is 19.9 Å². The highest BCUT2D eigenvalue weighted by Gasteiger charge is 2.30. The third-order valence-electron chi connectivity index (χ3n) is 5.68. The maximum atomic E-state index is 13.2. The molecule has 6 nitrogen and oxygen atoms in total. The van der Waals surface area contributed by atoms with Gasteiger partial charge in [0.15, 0.2) is 0 Å². The van der Waals surface area contributed by atoms with Crippen LogP contribution < -0.4 is 15.5 Å². The van der Waals surface area contributed by atoms with Crippen molar-refractivity contribution in [2.75, 3.05) is 41.7 Å². The minimum Gasteiger partial charge on any atom is -0.371 e. The van der Waals surface area contributed by atoms with Crippen molar-refractivity contribution in [1.29, 1.82) is 0 Å². The summed E-state index contributed by atoms with van der Waals surface area (Å²) >= 11 is 0. The number of halogens is 3. The molecule has 2 aromatic carbocycles. The number of amides is 3. The quantitative estimate of drug-likeness (QED) is 0.568. The summed E-state index contributed by atoms with van der Waals surface area (Å²) in [6.07, 6.45) is -1.24. The average molecular weight is 463 g/mol. The van der Waals surface area contributed by atoms with Crippen LogP contribution in [0.25, 0.3) is 0 Å². The van der Waals surface area contributed by atoms with Crippen molar-refractivity contribution in [2.45, 2.75) is 39.3 Å². The van der Waals surface area contributed by atoms with Gasteiger partial charge in [-0.2, -0.15) is 13.2 Å². The van der Waals surface area contributed by atoms with Crippen molar-refractivity contribution < 1.29 is 22.8 Å². The molecule has 2 N–H and O–H groups in total. The molecule has 0 aliphatic carbocycles. The fraction of sp³-hybridized carbons (Fsp3) is 0.417. The predicted molar refractivity (Wildman–Crippen MR) is 124 cm³/mol. The molecule has 3 amide bonds. The minimum absolute atomic E-state index is 0.0201. The molecule has 1 heterocycles. The van der Waals surface area contributed by atoms with Gasteiger partial charge in [0.2, 0.25) is 0 Å². The van der Waals surface area contributed by atoms with Crippen molar-refractivity contribution in [2.24, 2.45) is 0 Å². The van der Waals surface area contributed by atoms with Crippen molar-refractivity contribution in [1.82, 2.24) is 4.90 Å². The van der Waals surface area contributed by atoms with E-state index in [0.717, 1.165) is 50.2 Å². The average Bonchev–Trinajstić information content (AvgIpc) is 2.80. The third-order valence-corrected chi connectivity index (χ3v) is 5.68. The Labute approximate surface area is 191 Å². The number of nitrogens with zero attached hydrogens (tertiary/aromatic N) is 2. The second-order valence-electron chi connectivity index (χ2n) is 7.91. The largest absolute Gasteiger partial charge is 0.416 e. The zero-order chi connectivity index (χ0) is 24.0. The van der Waals surface area contributed by atoms with Gasteiger partial charge in [0.25, 0.3) is 5.91 Å². The van der Waals surface area contributed by atoms with Gasteiger partial charge in [-0.05, 0) is 69.5 Å². The number of alkyl halides is 3. The van der Waals surface area contributed by atoms with Crippen LogP contribution in [0.4, 0.5) is 35.0 Å². The summed E-state index contributed by atoms with van der Waals surface area (Å²) in [5.74, 6) is -0.123. The lowest BCUT2D eigenvalue weighted by molar-refractivity contribution is -0.137. The molecule has 3 rings (SSSR count). The molecule has 0 unspecified atom stereocenters. The smallest absolute Gasteiger partial charge is 0.371 e. The summed E-state index contributed by atoms with van der Waals surface area (Å²) in [7, 11) is 0. The van der Waals surface area contributed by atoms with Gasteiger partial charge in [-0.1, -0.05) is 6.07 Å². The van der Waals surface area contributed by atoms with Crippen LogP contribution in [0, 0.1) is 0 Å². The molecule has 0 aromatic heterocycles. The SMILES string of the molecule is CCN(CC)C(=O)c1cc(NC(=O)Nc2cccc(C(F)(F)F)c2)ccc1N1CCCCC1. The van der Waals surface area contributed by atoms with E-state index in [9.17, 15) is 22.8 Å². The topological polar surface area (TPSA) is 64.7 Å². The van der Waals surface area contributed by atoms with Crippen molar-refractivity contribution in [3.8, 4) is 0 Å². The van der Waals surface area contributed by atoms with Gasteiger partial charge in [-0.3, -0.25) is 4.79 Å². The van der Waals surface area contributed by atoms with Gasteiger partial charge < -0.3 is 20.4 Å². The van der Waals surface area contributed by atoms with Gasteiger partial charge in [0, 0.05) is 43.2 Å². The number of hydrogen-bond donors (Lipinski definition) is 2. The molecule has 33 heavy (non-hydrogen) atoms. The van der Waals surface area contributed by atoms with Crippen LogP contribution in [0.15, 0.2) is 42.5 Å². The number of carbonyl (C=O) groups is 2. The summed E-state index contributed by atoms with van der Waals surface area (Å²) in [4.78, 5) is 29.5. The standard InChI is InChI=1S/C24H29F3N4O2/c1-3-30(4-2)22(32)20-16-19(11-12-21(20)31-13-6-5-7-14-31)29-23(33)28-18-10-8-9-17(15-18)24(25,26)27/h8-12,15-16H,3-7,13-14H2,1-2H3,(H2,28,29,33). The molecule has 1 aliphatic heterocycles. The molecule has 0 radical (unpaired) electrons. The summed E-state index contributed by atoms with van der Waals surface area (Å²) in [6, 6.07) is 8.88. The van der Waals surface area contributed by atoms with E-state index in [-0.39, 0.29) is 11.6 Å². The highest BCUT2D eigenvalue weighted by molar-refractivity contribution is 6.04. The van der Waals surface area contributed by atoms with Gasteiger partial charge in [-0.15, -0.1) is 0 Å². The maximum Gasteiger partial charge on any atom is 0.416 e. The molecular weight excluding hydrogens is 433 g/mol. The fourth-order valence-electron chi connectivity index (χ4n) is 3.94. The molecule has 178 valence electrons. The van der Waals surface area contributed by atoms with Crippen molar-refractivity contribution >= 4 is 29.0 Å². The molecule has 1 fully saturated rings. The predicted octanol–water partition coefficient (Wildman–Crippen LogP) is 5.82. The maximum absolute atomic E-state index is 13.2. The Bertz CT molecular complexity index is 984. The number of nitrogens with one attached hydrogen (secondary N) is 2. The van der Waals surface area contributed by atoms with E-state index >= 15 is 0 Å². The van der Waals surface area contributed by atoms with Crippen LogP contribution in [-0.4, -0.2) is 43.0 Å². The van der Waals surface area contributed by atoms with Crippen LogP contribution in [0.1, 0.15) is 49.0 Å². The highest BCUT2D eigenvalue weighted by atomic mass is 19.4. The highest BCUT2D eigenvalue weighted by Crippen LogP contribution is 2.31. The molecule has 9 heteroatoms. The van der Waals surface area contributed by atoms with E-state index in [1.165, 1.54) is 12.1 Å². The van der Waals surface area contributed by atoms with Crippen molar-refractivity contribution in [3.05, 3.63) is 53.6 Å². The van der Waals surface area contributed by atoms with Crippen LogP contribution >= 0.6 is 0 Å². The molecular formula is C24H29F3N4O2. The first kappa shape index (κ1) is 24.4. The number of benzene rings is 2. The van der Waals surface area contributed by atoms with Crippen molar-refractivity contribution in [3.63, 3.8) is 0 Å². The molecule has 0 saturated carbocycles. The summed E-state index contributed by atoms with van der Waals surface area (Å²) in [5.41, 5.74) is 0.883. The van der Waals surface area contributed by atoms with Crippen LogP contribution in [0.3, 0.4) is 0 Å². The number of carbonyl (C=O) groups excluding carboxylic acids is 2. The Kier molecular flexibility index (Phi) is 7.84. The fourth-order valence-corrected chi connectivity index (χ4v) is 3.94. The van der Waals surface area contributed by atoms with Crippen LogP contribution in [-0.2, 0) is 6.18 Å². The number of rotatable bonds is 6. The summed E-state index contributed by atoms with van der Waals surface area (Å²) in [6.45, 7) is 6.66. The number of hydrogen-bond acceptors (Lipinski definition) is 3. The number of piperidine rings is 1. The second kappa shape index (κ2) is 10.6. The third kappa shape index (κ3) is 6.18. The summed E-state index contributed by atoms with van der Waals surface area (Å²) < 4.78 is 38.8. The van der Waals surface area contributed by atoms with E-state index in [1.54, 1.807) is 17.0 Å². The van der Waals surface area contributed by atoms with Gasteiger partial charge in [0.1, 0.15) is 0 Å². The lowest BCUT2D eigenvalue weighted by Crippen LogP contribution is -2.35. The molecule has 1 aliphatic rings. The van der Waals surface area contributed by atoms with E-state index in [4.69, 9.17) is 0 Å². The second-order valence-corrected chi connectivity index (χ2v) is 7.91. The molecule has 0 atom stereocenters. The Morgan fingerprint density at radius 2 is 1.58 bits per heavy atom. The Hall–Kier alpha value is -3.23.